The Morgan fingerprint density at radius 1 is 0.756 bits per heavy atom. The van der Waals surface area contributed by atoms with Gasteiger partial charge in [-0.15, -0.1) is 0 Å². The number of rotatable bonds is 6. The summed E-state index contributed by atoms with van der Waals surface area (Å²) < 4.78 is 12.8. The maximum Gasteiger partial charge on any atom is 0.412 e. The number of nitrogens with one attached hydrogen (secondary N) is 3. The van der Waals surface area contributed by atoms with Gasteiger partial charge in [-0.3, -0.25) is 10.6 Å². The van der Waals surface area contributed by atoms with Crippen molar-refractivity contribution < 1.29 is 19.1 Å². The van der Waals surface area contributed by atoms with Crippen LogP contribution >= 0.6 is 0 Å². The Balaban J connectivity index is 0.000000182. The van der Waals surface area contributed by atoms with Crippen LogP contribution < -0.4 is 10.6 Å². The topological polar surface area (TPSA) is 145 Å². The van der Waals surface area contributed by atoms with Gasteiger partial charge in [0.05, 0.1) is 11.4 Å². The molecule has 2 amide bonds. The van der Waals surface area contributed by atoms with Crippen LogP contribution in [0.3, 0.4) is 0 Å². The Hall–Kier alpha value is -5.48. The number of nitriles is 2. The van der Waals surface area contributed by atoms with Crippen LogP contribution in [0.1, 0.15) is 76.4 Å². The molecule has 2 aromatic carbocycles. The lowest BCUT2D eigenvalue weighted by molar-refractivity contribution is 0.0412. The molecule has 4 heterocycles. The first-order valence-corrected chi connectivity index (χ1v) is 14.9. The van der Waals surface area contributed by atoms with Crippen LogP contribution in [-0.2, 0) is 27.2 Å². The second kappa shape index (κ2) is 12.3. The van der Waals surface area contributed by atoms with E-state index in [0.717, 1.165) is 70.8 Å². The Labute approximate surface area is 262 Å². The van der Waals surface area contributed by atoms with Crippen molar-refractivity contribution in [3.05, 3.63) is 83.2 Å². The number of carbonyl (C=O) groups is 2. The summed E-state index contributed by atoms with van der Waals surface area (Å²) in [5.41, 5.74) is 7.02. The number of H-pyrrole nitrogens is 1. The fourth-order valence-corrected chi connectivity index (χ4v) is 5.68. The monoisotopic (exact) mass is 604 g/mol. The lowest BCUT2D eigenvalue weighted by Gasteiger charge is -2.32. The van der Waals surface area contributed by atoms with E-state index in [1.54, 1.807) is 6.07 Å². The fourth-order valence-electron chi connectivity index (χ4n) is 5.68. The van der Waals surface area contributed by atoms with Gasteiger partial charge >= 0.3 is 12.2 Å². The van der Waals surface area contributed by atoms with Crippen LogP contribution in [-0.4, -0.2) is 21.7 Å². The van der Waals surface area contributed by atoms with Gasteiger partial charge in [0.15, 0.2) is 0 Å². The molecule has 0 bridgehead atoms. The van der Waals surface area contributed by atoms with Crippen LogP contribution in [0.5, 0.6) is 0 Å². The molecule has 4 aromatic rings. The van der Waals surface area contributed by atoms with E-state index in [4.69, 9.17) is 14.7 Å². The summed E-state index contributed by atoms with van der Waals surface area (Å²) in [6.07, 6.45) is 2.45. The quantitative estimate of drug-likeness (QED) is 0.189. The molecule has 10 heteroatoms. The lowest BCUT2D eigenvalue weighted by Crippen LogP contribution is -2.34. The number of hydrogen-bond donors (Lipinski definition) is 3. The maximum absolute atomic E-state index is 11.7. The van der Waals surface area contributed by atoms with Crippen LogP contribution in [0.2, 0.25) is 0 Å². The highest BCUT2D eigenvalue weighted by Gasteiger charge is 2.34. The molecule has 45 heavy (non-hydrogen) atoms. The van der Waals surface area contributed by atoms with E-state index in [1.165, 1.54) is 0 Å². The summed E-state index contributed by atoms with van der Waals surface area (Å²) in [5, 5.41) is 23.7. The summed E-state index contributed by atoms with van der Waals surface area (Å²) in [7, 11) is 0. The van der Waals surface area contributed by atoms with Crippen molar-refractivity contribution in [3.63, 3.8) is 0 Å². The second-order valence-corrected chi connectivity index (χ2v) is 12.0. The van der Waals surface area contributed by atoms with E-state index in [1.807, 2.05) is 82.3 Å². The van der Waals surface area contributed by atoms with Crippen molar-refractivity contribution in [1.82, 2.24) is 9.55 Å². The number of cyclic esters (lactones) is 2. The third kappa shape index (κ3) is 6.41. The molecular weight excluding hydrogens is 568 g/mol. The SMILES string of the molecule is CC1(C)OC(=O)Nc2ccc(-c3ccc(C#N)[nH]3)cc21.CCCCCn1c(C#N)ccc1-c1ccc2c(c1)C(C)(C)OC(=O)N2. The number of nitrogens with zero attached hydrogens (tertiary/aromatic N) is 3. The van der Waals surface area contributed by atoms with Gasteiger partial charge in [-0.25, -0.2) is 9.59 Å². The predicted octanol–water partition coefficient (Wildman–Crippen LogP) is 8.36. The van der Waals surface area contributed by atoms with Crippen molar-refractivity contribution >= 4 is 23.6 Å². The number of hydrogen-bond acceptors (Lipinski definition) is 6. The molecule has 0 radical (unpaired) electrons. The maximum atomic E-state index is 11.7. The van der Waals surface area contributed by atoms with Crippen molar-refractivity contribution in [2.24, 2.45) is 0 Å². The molecule has 3 N–H and O–H groups in total. The number of amides is 2. The average molecular weight is 605 g/mol. The van der Waals surface area contributed by atoms with Crippen molar-refractivity contribution in [3.8, 4) is 34.7 Å². The van der Waals surface area contributed by atoms with Gasteiger partial charge in [-0.05, 0) is 93.8 Å². The fraction of sp³-hybridized carbons (Fsp3) is 0.314. The molecule has 230 valence electrons. The normalized spacial score (nSPS) is 15.4. The summed E-state index contributed by atoms with van der Waals surface area (Å²) in [6, 6.07) is 23.4. The molecule has 0 saturated heterocycles. The minimum absolute atomic E-state index is 0.431. The first-order valence-electron chi connectivity index (χ1n) is 14.9. The zero-order chi connectivity index (χ0) is 32.4. The van der Waals surface area contributed by atoms with Crippen LogP contribution in [0.15, 0.2) is 60.7 Å². The van der Waals surface area contributed by atoms with Crippen LogP contribution in [0.25, 0.3) is 22.5 Å². The zero-order valence-electron chi connectivity index (χ0n) is 26.1. The number of ether oxygens (including phenoxy) is 2. The van der Waals surface area contributed by atoms with Gasteiger partial charge in [0.25, 0.3) is 0 Å². The highest BCUT2D eigenvalue weighted by atomic mass is 16.6. The smallest absolute Gasteiger partial charge is 0.412 e. The van der Waals surface area contributed by atoms with Gasteiger partial charge in [0.1, 0.15) is 34.7 Å². The highest BCUT2D eigenvalue weighted by molar-refractivity contribution is 5.90. The number of aromatic amines is 1. The zero-order valence-corrected chi connectivity index (χ0v) is 26.1. The van der Waals surface area contributed by atoms with E-state index in [9.17, 15) is 14.9 Å². The number of fused-ring (bicyclic) bond motifs is 2. The first-order chi connectivity index (χ1) is 21.5. The minimum Gasteiger partial charge on any atom is -0.438 e. The summed E-state index contributed by atoms with van der Waals surface area (Å²) in [5.74, 6) is 0. The standard InChI is InChI=1S/C20H23N3O2.C15H13N3O2/c1-4-5-6-11-23-15(13-21)8-10-18(23)14-7-9-17-16(12-14)20(2,3)25-19(24)22-17;1-15(2)11-7-9(12-6-4-10(8-16)17-12)3-5-13(11)18-14(19)20-15/h7-10,12H,4-6,11H2,1-3H3,(H,22,24);3-7,17H,1-2H3,(H,18,19). The molecular formula is C35H36N6O4. The van der Waals surface area contributed by atoms with Gasteiger partial charge in [-0.2, -0.15) is 10.5 Å². The van der Waals surface area contributed by atoms with Gasteiger partial charge in [-0.1, -0.05) is 31.9 Å². The molecule has 0 aliphatic carbocycles. The van der Waals surface area contributed by atoms with Crippen LogP contribution in [0.4, 0.5) is 21.0 Å². The molecule has 0 unspecified atom stereocenters. The predicted molar refractivity (Wildman–Crippen MR) is 171 cm³/mol. The molecule has 0 saturated carbocycles. The summed E-state index contributed by atoms with van der Waals surface area (Å²) >= 11 is 0. The van der Waals surface area contributed by atoms with Crippen molar-refractivity contribution in [1.29, 1.82) is 10.5 Å². The highest BCUT2D eigenvalue weighted by Crippen LogP contribution is 2.39. The van der Waals surface area contributed by atoms with Crippen LogP contribution in [0, 0.1) is 22.7 Å². The Kier molecular flexibility index (Phi) is 8.43. The Morgan fingerprint density at radius 3 is 1.91 bits per heavy atom. The minimum atomic E-state index is -0.689. The number of anilines is 2. The lowest BCUT2D eigenvalue weighted by atomic mass is 9.92. The Bertz CT molecular complexity index is 1850. The molecule has 0 spiro atoms. The second-order valence-electron chi connectivity index (χ2n) is 12.0. The van der Waals surface area contributed by atoms with E-state index >= 15 is 0 Å². The van der Waals surface area contributed by atoms with E-state index < -0.39 is 23.4 Å². The molecule has 6 rings (SSSR count). The van der Waals surface area contributed by atoms with Gasteiger partial charge < -0.3 is 19.0 Å². The number of unbranched alkanes of at least 4 members (excludes halogenated alkanes) is 2. The number of benzene rings is 2. The van der Waals surface area contributed by atoms with Gasteiger partial charge in [0, 0.05) is 29.1 Å². The largest absolute Gasteiger partial charge is 0.438 e. The molecule has 0 atom stereocenters. The van der Waals surface area contributed by atoms with E-state index in [2.05, 4.69) is 39.2 Å². The van der Waals surface area contributed by atoms with E-state index in [0.29, 0.717) is 11.4 Å². The molecule has 2 aliphatic rings. The summed E-state index contributed by atoms with van der Waals surface area (Å²) in [6.45, 7) is 10.5. The average Bonchev–Trinajstić information content (AvgIpc) is 3.64. The molecule has 2 aromatic heterocycles. The Morgan fingerprint density at radius 2 is 1.36 bits per heavy atom. The van der Waals surface area contributed by atoms with Crippen molar-refractivity contribution in [2.45, 2.75) is 71.6 Å². The summed E-state index contributed by atoms with van der Waals surface area (Å²) in [4.78, 5) is 26.2. The molecule has 2 aliphatic heterocycles. The number of carbonyl (C=O) groups excluding carboxylic acids is 2. The number of aromatic nitrogens is 2. The third-order valence-electron chi connectivity index (χ3n) is 8.00. The third-order valence-corrected chi connectivity index (χ3v) is 8.00. The van der Waals surface area contributed by atoms with Crippen molar-refractivity contribution in [2.75, 3.05) is 10.6 Å². The van der Waals surface area contributed by atoms with Gasteiger partial charge in [0.2, 0.25) is 0 Å². The molecule has 10 nitrogen and oxygen atoms in total. The molecule has 0 fully saturated rings. The first kappa shape index (κ1) is 31.0. The van der Waals surface area contributed by atoms with E-state index in [-0.39, 0.29) is 0 Å².